The monoisotopic (exact) mass is 272 g/mol. The second kappa shape index (κ2) is 8.52. The van der Waals surface area contributed by atoms with E-state index in [9.17, 15) is 14.5 Å². The molecule has 7 heteroatoms. The molecule has 1 aromatic rings. The lowest BCUT2D eigenvalue weighted by atomic mass is 10.2. The molecule has 0 amide bonds. The fourth-order valence-corrected chi connectivity index (χ4v) is 1.43. The van der Waals surface area contributed by atoms with Crippen molar-refractivity contribution < 1.29 is 18.8 Å². The van der Waals surface area contributed by atoms with E-state index in [1.807, 2.05) is 0 Å². The first kappa shape index (κ1) is 15.5. The van der Waals surface area contributed by atoms with Gasteiger partial charge in [0.1, 0.15) is 0 Å². The lowest BCUT2D eigenvalue weighted by molar-refractivity contribution is -0.387. The van der Waals surface area contributed by atoms with E-state index >= 15 is 0 Å². The zero-order chi connectivity index (χ0) is 14.1. The van der Waals surface area contributed by atoms with Crippen LogP contribution in [0.25, 0.3) is 0 Å². The molecule has 0 saturated heterocycles. The summed E-state index contributed by atoms with van der Waals surface area (Å²) >= 11 is 0. The fourth-order valence-electron chi connectivity index (χ4n) is 1.43. The van der Waals surface area contributed by atoms with Gasteiger partial charge in [0.05, 0.1) is 24.7 Å². The van der Waals surface area contributed by atoms with Gasteiger partial charge in [-0.1, -0.05) is 6.07 Å². The first-order chi connectivity index (χ1) is 9.15. The Kier molecular flexibility index (Phi) is 6.94. The molecule has 0 aliphatic rings. The fraction of sp³-hybridized carbons (Fsp3) is 0.500. The largest absolute Gasteiger partial charge is 0.382 e. The first-order valence-electron chi connectivity index (χ1n) is 5.85. The normalized spacial score (nSPS) is 10.6. The molecule has 0 radical (unpaired) electrons. The highest BCUT2D eigenvalue weighted by Crippen LogP contribution is 2.17. The molecule has 0 heterocycles. The van der Waals surface area contributed by atoms with Gasteiger partial charge in [-0.25, -0.2) is 0 Å². The zero-order valence-electron chi connectivity index (χ0n) is 10.7. The number of hydrogen-bond donors (Lipinski definition) is 1. The van der Waals surface area contributed by atoms with Crippen molar-refractivity contribution in [2.24, 2.45) is 0 Å². The number of ether oxygens (including phenoxy) is 2. The summed E-state index contributed by atoms with van der Waals surface area (Å²) in [5, 5.41) is 13.5. The highest BCUT2D eigenvalue weighted by atomic mass is 19.1. The average Bonchev–Trinajstić information content (AvgIpc) is 2.37. The van der Waals surface area contributed by atoms with Crippen molar-refractivity contribution in [3.63, 3.8) is 0 Å². The number of nitro groups is 1. The van der Waals surface area contributed by atoms with Gasteiger partial charge in [-0.15, -0.1) is 0 Å². The van der Waals surface area contributed by atoms with Crippen LogP contribution in [0, 0.1) is 15.9 Å². The number of nitrogens with zero attached hydrogens (tertiary/aromatic N) is 1. The summed E-state index contributed by atoms with van der Waals surface area (Å²) in [4.78, 5) is 9.70. The molecule has 0 bridgehead atoms. The standard InChI is InChI=1S/C12H17FN2O4/c1-18-6-7-19-5-4-14-9-10-2-3-12(15(16)17)11(13)8-10/h2-3,8,14H,4-7,9H2,1H3. The maximum Gasteiger partial charge on any atom is 0.304 e. The Labute approximate surface area is 110 Å². The summed E-state index contributed by atoms with van der Waals surface area (Å²) in [6, 6.07) is 3.86. The Morgan fingerprint density at radius 3 is 2.79 bits per heavy atom. The predicted octanol–water partition coefficient (Wildman–Crippen LogP) is 1.49. The van der Waals surface area contributed by atoms with Gasteiger partial charge in [-0.3, -0.25) is 10.1 Å². The molecule has 0 aliphatic carbocycles. The van der Waals surface area contributed by atoms with Crippen LogP contribution in [0.4, 0.5) is 10.1 Å². The molecule has 1 N–H and O–H groups in total. The van der Waals surface area contributed by atoms with Crippen LogP contribution in [0.15, 0.2) is 18.2 Å². The Balaban J connectivity index is 2.26. The van der Waals surface area contributed by atoms with Crippen LogP contribution >= 0.6 is 0 Å². The quantitative estimate of drug-likeness (QED) is 0.419. The van der Waals surface area contributed by atoms with E-state index in [-0.39, 0.29) is 0 Å². The van der Waals surface area contributed by atoms with Crippen molar-refractivity contribution >= 4 is 5.69 Å². The van der Waals surface area contributed by atoms with E-state index in [0.29, 0.717) is 38.5 Å². The van der Waals surface area contributed by atoms with Gasteiger partial charge in [0.2, 0.25) is 5.82 Å². The summed E-state index contributed by atoms with van der Waals surface area (Å²) in [6.07, 6.45) is 0. The molecule has 106 valence electrons. The van der Waals surface area contributed by atoms with E-state index in [2.05, 4.69) is 5.32 Å². The average molecular weight is 272 g/mol. The molecular formula is C12H17FN2O4. The second-order valence-electron chi connectivity index (χ2n) is 3.82. The third kappa shape index (κ3) is 5.73. The molecular weight excluding hydrogens is 255 g/mol. The van der Waals surface area contributed by atoms with Gasteiger partial charge in [0, 0.05) is 26.3 Å². The second-order valence-corrected chi connectivity index (χ2v) is 3.82. The lowest BCUT2D eigenvalue weighted by Crippen LogP contribution is -2.20. The number of nitrogens with one attached hydrogen (secondary N) is 1. The third-order valence-corrected chi connectivity index (χ3v) is 2.39. The van der Waals surface area contributed by atoms with E-state index in [0.717, 1.165) is 6.07 Å². The maximum atomic E-state index is 13.3. The summed E-state index contributed by atoms with van der Waals surface area (Å²) in [5.41, 5.74) is 0.145. The van der Waals surface area contributed by atoms with Crippen LogP contribution in [0.1, 0.15) is 5.56 Å². The molecule has 0 atom stereocenters. The number of benzene rings is 1. The number of methoxy groups -OCH3 is 1. The van der Waals surface area contributed by atoms with Crippen molar-refractivity contribution in [1.82, 2.24) is 5.32 Å². The number of nitro benzene ring substituents is 1. The molecule has 6 nitrogen and oxygen atoms in total. The smallest absolute Gasteiger partial charge is 0.304 e. The van der Waals surface area contributed by atoms with E-state index in [4.69, 9.17) is 9.47 Å². The van der Waals surface area contributed by atoms with Crippen molar-refractivity contribution in [3.05, 3.63) is 39.7 Å². The van der Waals surface area contributed by atoms with Gasteiger partial charge < -0.3 is 14.8 Å². The summed E-state index contributed by atoms with van der Waals surface area (Å²) < 4.78 is 23.4. The number of halogens is 1. The Morgan fingerprint density at radius 2 is 2.16 bits per heavy atom. The van der Waals surface area contributed by atoms with Gasteiger partial charge >= 0.3 is 5.69 Å². The molecule has 19 heavy (non-hydrogen) atoms. The Hall–Kier alpha value is -1.57. The Bertz CT molecular complexity index is 415. The maximum absolute atomic E-state index is 13.3. The summed E-state index contributed by atoms with van der Waals surface area (Å²) in [6.45, 7) is 2.65. The molecule has 0 aliphatic heterocycles. The minimum Gasteiger partial charge on any atom is -0.382 e. The molecule has 0 spiro atoms. The minimum absolute atomic E-state index is 0.433. The van der Waals surface area contributed by atoms with Crippen LogP contribution in [0.5, 0.6) is 0 Å². The van der Waals surface area contributed by atoms with E-state index in [1.54, 1.807) is 7.11 Å². The SMILES string of the molecule is COCCOCCNCc1ccc([N+](=O)[O-])c(F)c1. The highest BCUT2D eigenvalue weighted by molar-refractivity contribution is 5.34. The molecule has 0 aromatic heterocycles. The molecule has 1 aromatic carbocycles. The van der Waals surface area contributed by atoms with Crippen molar-refractivity contribution in [1.29, 1.82) is 0 Å². The molecule has 0 fully saturated rings. The van der Waals surface area contributed by atoms with Gasteiger partial charge in [0.15, 0.2) is 0 Å². The van der Waals surface area contributed by atoms with Gasteiger partial charge in [0.25, 0.3) is 0 Å². The van der Waals surface area contributed by atoms with E-state index in [1.165, 1.54) is 12.1 Å². The summed E-state index contributed by atoms with van der Waals surface area (Å²) in [5.74, 6) is -0.819. The zero-order valence-corrected chi connectivity index (χ0v) is 10.7. The topological polar surface area (TPSA) is 73.6 Å². The Morgan fingerprint density at radius 1 is 1.37 bits per heavy atom. The van der Waals surface area contributed by atoms with Crippen LogP contribution in [-0.2, 0) is 16.0 Å². The van der Waals surface area contributed by atoms with Crippen molar-refractivity contribution in [3.8, 4) is 0 Å². The van der Waals surface area contributed by atoms with Crippen molar-refractivity contribution in [2.45, 2.75) is 6.54 Å². The summed E-state index contributed by atoms with van der Waals surface area (Å²) in [7, 11) is 1.60. The first-order valence-corrected chi connectivity index (χ1v) is 5.85. The van der Waals surface area contributed by atoms with Gasteiger partial charge in [-0.05, 0) is 11.6 Å². The molecule has 0 saturated carbocycles. The number of rotatable bonds is 9. The molecule has 0 unspecified atom stereocenters. The van der Waals surface area contributed by atoms with Crippen LogP contribution in [-0.4, -0.2) is 38.4 Å². The lowest BCUT2D eigenvalue weighted by Gasteiger charge is -2.06. The minimum atomic E-state index is -0.819. The van der Waals surface area contributed by atoms with Gasteiger partial charge in [-0.2, -0.15) is 4.39 Å². The molecule has 1 rings (SSSR count). The van der Waals surface area contributed by atoms with Crippen molar-refractivity contribution in [2.75, 3.05) is 33.5 Å². The van der Waals surface area contributed by atoms with Crippen LogP contribution < -0.4 is 5.32 Å². The van der Waals surface area contributed by atoms with Crippen LogP contribution in [0.3, 0.4) is 0 Å². The number of hydrogen-bond acceptors (Lipinski definition) is 5. The van der Waals surface area contributed by atoms with E-state index < -0.39 is 16.4 Å². The predicted molar refractivity (Wildman–Crippen MR) is 67.5 cm³/mol. The highest BCUT2D eigenvalue weighted by Gasteiger charge is 2.13. The van der Waals surface area contributed by atoms with Crippen LogP contribution in [0.2, 0.25) is 0 Å². The third-order valence-electron chi connectivity index (χ3n) is 2.39.